The molecule has 1 aliphatic rings. The monoisotopic (exact) mass is 506 g/mol. The Morgan fingerprint density at radius 3 is 2.38 bits per heavy atom. The van der Waals surface area contributed by atoms with Gasteiger partial charge in [-0.2, -0.15) is 4.31 Å². The fourth-order valence-corrected chi connectivity index (χ4v) is 5.43. The van der Waals surface area contributed by atoms with E-state index in [0.717, 1.165) is 5.56 Å². The average Bonchev–Trinajstić information content (AvgIpc) is 2.76. The predicted molar refractivity (Wildman–Crippen MR) is 127 cm³/mol. The van der Waals surface area contributed by atoms with Crippen molar-refractivity contribution in [1.29, 1.82) is 0 Å². The highest BCUT2D eigenvalue weighted by atomic mass is 35.5. The molecular formula is C24H24ClFN2O5S. The summed E-state index contributed by atoms with van der Waals surface area (Å²) < 4.78 is 47.7. The van der Waals surface area contributed by atoms with Crippen molar-refractivity contribution in [3.63, 3.8) is 0 Å². The first-order valence-electron chi connectivity index (χ1n) is 10.3. The van der Waals surface area contributed by atoms with E-state index in [1.807, 2.05) is 30.3 Å². The van der Waals surface area contributed by atoms with Crippen molar-refractivity contribution < 1.29 is 27.4 Å². The Labute approximate surface area is 203 Å². The summed E-state index contributed by atoms with van der Waals surface area (Å²) in [5, 5.41) is 9.02. The van der Waals surface area contributed by atoms with Crippen molar-refractivity contribution in [2.75, 3.05) is 13.1 Å². The van der Waals surface area contributed by atoms with Crippen LogP contribution in [0.2, 0.25) is 0 Å². The molecule has 0 bridgehead atoms. The fourth-order valence-electron chi connectivity index (χ4n) is 3.82. The lowest BCUT2D eigenvalue weighted by Crippen LogP contribution is -2.64. The lowest BCUT2D eigenvalue weighted by atomic mass is 9.87. The number of nitrogens with two attached hydrogens (primary N) is 1. The van der Waals surface area contributed by atoms with E-state index in [2.05, 4.69) is 0 Å². The highest BCUT2D eigenvalue weighted by Crippen LogP contribution is 2.40. The van der Waals surface area contributed by atoms with Crippen molar-refractivity contribution in [2.45, 2.75) is 23.0 Å². The van der Waals surface area contributed by atoms with Gasteiger partial charge in [-0.15, -0.1) is 12.4 Å². The van der Waals surface area contributed by atoms with Crippen LogP contribution >= 0.6 is 12.4 Å². The third kappa shape index (κ3) is 5.23. The van der Waals surface area contributed by atoms with E-state index < -0.39 is 33.5 Å². The van der Waals surface area contributed by atoms with Gasteiger partial charge in [0.15, 0.2) is 5.60 Å². The van der Waals surface area contributed by atoms with Crippen molar-refractivity contribution in [3.05, 3.63) is 95.8 Å². The second-order valence-electron chi connectivity index (χ2n) is 7.99. The second-order valence-corrected chi connectivity index (χ2v) is 9.93. The minimum absolute atomic E-state index is 0. The highest BCUT2D eigenvalue weighted by molar-refractivity contribution is 7.89. The maximum Gasteiger partial charge on any atom is 0.320 e. The molecule has 0 aromatic heterocycles. The van der Waals surface area contributed by atoms with Gasteiger partial charge >= 0.3 is 5.97 Å². The number of carboxylic acid groups (broad SMARTS) is 1. The van der Waals surface area contributed by atoms with Crippen LogP contribution in [0.5, 0.6) is 5.75 Å². The maximum absolute atomic E-state index is 13.7. The maximum atomic E-state index is 13.7. The molecule has 10 heteroatoms. The van der Waals surface area contributed by atoms with Gasteiger partial charge in [-0.3, -0.25) is 4.79 Å². The van der Waals surface area contributed by atoms with Gasteiger partial charge in [-0.05, 0) is 41.8 Å². The fraction of sp³-hybridized carbons (Fsp3) is 0.208. The molecule has 0 amide bonds. The van der Waals surface area contributed by atoms with Crippen molar-refractivity contribution in [2.24, 2.45) is 5.73 Å². The lowest BCUT2D eigenvalue weighted by molar-refractivity contribution is -0.138. The molecule has 0 radical (unpaired) electrons. The summed E-state index contributed by atoms with van der Waals surface area (Å²) in [6.07, 6.45) is 0.00925. The van der Waals surface area contributed by atoms with Crippen LogP contribution in [-0.4, -0.2) is 42.9 Å². The van der Waals surface area contributed by atoms with Gasteiger partial charge in [0.2, 0.25) is 10.0 Å². The first kappa shape index (κ1) is 25.6. The van der Waals surface area contributed by atoms with Crippen LogP contribution in [0.25, 0.3) is 0 Å². The molecule has 0 aliphatic carbocycles. The molecule has 1 heterocycles. The number of rotatable bonds is 8. The molecule has 1 fully saturated rings. The number of benzene rings is 3. The molecule has 3 aromatic carbocycles. The molecule has 180 valence electrons. The largest absolute Gasteiger partial charge is 0.480 e. The Kier molecular flexibility index (Phi) is 7.62. The van der Waals surface area contributed by atoms with Crippen LogP contribution in [-0.2, 0) is 26.8 Å². The summed E-state index contributed by atoms with van der Waals surface area (Å²) in [4.78, 5) is 11.1. The quantitative estimate of drug-likeness (QED) is 0.485. The van der Waals surface area contributed by atoms with Gasteiger partial charge in [0.05, 0.1) is 18.0 Å². The molecule has 1 saturated heterocycles. The molecule has 3 aromatic rings. The van der Waals surface area contributed by atoms with Gasteiger partial charge in [0.25, 0.3) is 0 Å². The Morgan fingerprint density at radius 1 is 1.06 bits per heavy atom. The molecular weight excluding hydrogens is 483 g/mol. The normalized spacial score (nSPS) is 16.1. The Morgan fingerprint density at radius 2 is 1.74 bits per heavy atom. The van der Waals surface area contributed by atoms with E-state index in [0.29, 0.717) is 11.3 Å². The first-order chi connectivity index (χ1) is 15.7. The number of hydrogen-bond donors (Lipinski definition) is 2. The van der Waals surface area contributed by atoms with Crippen LogP contribution in [0.4, 0.5) is 4.39 Å². The predicted octanol–water partition coefficient (Wildman–Crippen LogP) is 3.18. The van der Waals surface area contributed by atoms with Gasteiger partial charge in [-0.1, -0.05) is 48.5 Å². The summed E-state index contributed by atoms with van der Waals surface area (Å²) in [5.74, 6) is -1.30. The summed E-state index contributed by atoms with van der Waals surface area (Å²) in [5.41, 5.74) is 5.91. The average molecular weight is 507 g/mol. The van der Waals surface area contributed by atoms with Crippen LogP contribution in [0.1, 0.15) is 11.1 Å². The highest BCUT2D eigenvalue weighted by Gasteiger charge is 2.52. The molecule has 34 heavy (non-hydrogen) atoms. The number of carbonyl (C=O) groups is 1. The number of ether oxygens (including phenoxy) is 1. The summed E-state index contributed by atoms with van der Waals surface area (Å²) in [6.45, 7) is 0.0729. The number of nitrogens with zero attached hydrogens (tertiary/aromatic N) is 1. The molecule has 3 N–H and O–H groups in total. The zero-order chi connectivity index (χ0) is 23.6. The molecule has 1 atom stereocenters. The Balaban J connectivity index is 0.00000324. The zero-order valence-corrected chi connectivity index (χ0v) is 19.6. The topological polar surface area (TPSA) is 110 Å². The van der Waals surface area contributed by atoms with Gasteiger partial charge in [0, 0.05) is 6.07 Å². The van der Waals surface area contributed by atoms with Crippen LogP contribution in [0, 0.1) is 5.82 Å². The molecule has 4 rings (SSSR count). The van der Waals surface area contributed by atoms with Crippen LogP contribution in [0.3, 0.4) is 0 Å². The third-order valence-corrected chi connectivity index (χ3v) is 7.37. The summed E-state index contributed by atoms with van der Waals surface area (Å²) in [7, 11) is -3.87. The van der Waals surface area contributed by atoms with Crippen LogP contribution in [0.15, 0.2) is 83.8 Å². The van der Waals surface area contributed by atoms with Gasteiger partial charge in [-0.25, -0.2) is 12.8 Å². The number of carboxylic acids is 1. The van der Waals surface area contributed by atoms with Gasteiger partial charge in [0.1, 0.15) is 17.6 Å². The number of aliphatic carboxylic acids is 1. The molecule has 0 spiro atoms. The summed E-state index contributed by atoms with van der Waals surface area (Å²) in [6, 6.07) is 19.9. The number of halogens is 2. The Bertz CT molecular complexity index is 1270. The van der Waals surface area contributed by atoms with E-state index in [1.165, 1.54) is 34.6 Å². The minimum atomic E-state index is -3.87. The lowest BCUT2D eigenvalue weighted by Gasteiger charge is -2.48. The van der Waals surface area contributed by atoms with Crippen molar-refractivity contribution in [1.82, 2.24) is 4.31 Å². The molecule has 0 saturated carbocycles. The van der Waals surface area contributed by atoms with E-state index >= 15 is 0 Å². The third-order valence-electron chi connectivity index (χ3n) is 5.58. The van der Waals surface area contributed by atoms with Crippen LogP contribution < -0.4 is 10.5 Å². The minimum Gasteiger partial charge on any atom is -0.480 e. The standard InChI is InChI=1S/C24H23FN2O5S.ClH/c25-19-9-5-10-20(14-19)32-24(18-7-2-1-3-8-18)15-27(16-24)33(30,31)21-11-4-6-17(12-21)13-22(26)23(28)29;/h1-12,14,22H,13,15-16,26H2,(H,28,29);1H/t22-;/m0./s1. The SMILES string of the molecule is Cl.N[C@@H](Cc1cccc(S(=O)(=O)N2CC(Oc3cccc(F)c3)(c3ccccc3)C2)c1)C(=O)O. The van der Waals surface area contributed by atoms with Crippen molar-refractivity contribution >= 4 is 28.4 Å². The summed E-state index contributed by atoms with van der Waals surface area (Å²) >= 11 is 0. The molecule has 7 nitrogen and oxygen atoms in total. The van der Waals surface area contributed by atoms with E-state index in [4.69, 9.17) is 15.6 Å². The van der Waals surface area contributed by atoms with Gasteiger partial charge < -0.3 is 15.6 Å². The van der Waals surface area contributed by atoms with E-state index in [-0.39, 0.29) is 36.8 Å². The van der Waals surface area contributed by atoms with Crippen molar-refractivity contribution in [3.8, 4) is 5.75 Å². The zero-order valence-electron chi connectivity index (χ0n) is 18.0. The first-order valence-corrected chi connectivity index (χ1v) is 11.7. The molecule has 1 aliphatic heterocycles. The van der Waals surface area contributed by atoms with E-state index in [1.54, 1.807) is 18.2 Å². The molecule has 0 unspecified atom stereocenters. The smallest absolute Gasteiger partial charge is 0.320 e. The van der Waals surface area contributed by atoms with E-state index in [9.17, 15) is 17.6 Å². The Hall–Kier alpha value is -2.98. The number of hydrogen-bond acceptors (Lipinski definition) is 5. The number of sulfonamides is 1. The second kappa shape index (κ2) is 10.1.